The van der Waals surface area contributed by atoms with Crippen molar-refractivity contribution in [3.8, 4) is 17.2 Å². The fourth-order valence-electron chi connectivity index (χ4n) is 2.54. The van der Waals surface area contributed by atoms with E-state index < -0.39 is 5.97 Å². The van der Waals surface area contributed by atoms with Gasteiger partial charge in [0.1, 0.15) is 21.2 Å². The molecule has 0 fully saturated rings. The van der Waals surface area contributed by atoms with Gasteiger partial charge in [-0.2, -0.15) is 0 Å². The van der Waals surface area contributed by atoms with Crippen LogP contribution in [0, 0.1) is 6.92 Å². The number of aromatic nitrogens is 1. The summed E-state index contributed by atoms with van der Waals surface area (Å²) in [6.45, 7) is 1.94. The van der Waals surface area contributed by atoms with E-state index in [-0.39, 0.29) is 0 Å². The zero-order valence-corrected chi connectivity index (χ0v) is 14.2. The maximum Gasteiger partial charge on any atom is 0.355 e. The van der Waals surface area contributed by atoms with Crippen LogP contribution >= 0.6 is 11.3 Å². The van der Waals surface area contributed by atoms with Gasteiger partial charge in [-0.3, -0.25) is 0 Å². The second-order valence-corrected chi connectivity index (χ2v) is 6.58. The minimum Gasteiger partial charge on any atom is -0.463 e. The molecule has 0 aliphatic heterocycles. The summed E-state index contributed by atoms with van der Waals surface area (Å²) in [4.78, 5) is 18.0. The summed E-state index contributed by atoms with van der Waals surface area (Å²) in [5, 5.41) is 0.733. The molecule has 0 aliphatic carbocycles. The van der Waals surface area contributed by atoms with Crippen LogP contribution < -0.4 is 10.5 Å². The zero-order chi connectivity index (χ0) is 17.4. The number of pyridine rings is 1. The number of nitrogens with zero attached hydrogens (tertiary/aromatic N) is 1. The van der Waals surface area contributed by atoms with Gasteiger partial charge < -0.3 is 14.9 Å². The van der Waals surface area contributed by atoms with Gasteiger partial charge in [0.15, 0.2) is 5.76 Å². The van der Waals surface area contributed by atoms with E-state index in [9.17, 15) is 4.79 Å². The van der Waals surface area contributed by atoms with Crippen LogP contribution in [-0.2, 0) is 0 Å². The third kappa shape index (κ3) is 2.88. The van der Waals surface area contributed by atoms with Crippen LogP contribution in [0.5, 0.6) is 5.75 Å². The number of anilines is 1. The first-order valence-corrected chi connectivity index (χ1v) is 8.45. The first kappa shape index (κ1) is 15.4. The molecule has 4 aromatic rings. The molecule has 0 radical (unpaired) electrons. The Morgan fingerprint density at radius 3 is 2.84 bits per heavy atom. The van der Waals surface area contributed by atoms with Crippen molar-refractivity contribution in [3.05, 3.63) is 65.2 Å². The number of hydrogen-bond donors (Lipinski definition) is 1. The van der Waals surface area contributed by atoms with Gasteiger partial charge in [-0.05, 0) is 48.9 Å². The van der Waals surface area contributed by atoms with Crippen LogP contribution in [0.25, 0.3) is 21.7 Å². The lowest BCUT2D eigenvalue weighted by Gasteiger charge is -2.04. The molecule has 0 spiro atoms. The molecule has 0 unspecified atom stereocenters. The largest absolute Gasteiger partial charge is 0.463 e. The van der Waals surface area contributed by atoms with Gasteiger partial charge in [0.2, 0.25) is 0 Å². The number of furan rings is 1. The molecule has 4 rings (SSSR count). The number of thiophene rings is 1. The average molecular weight is 350 g/mol. The molecule has 25 heavy (non-hydrogen) atoms. The predicted molar refractivity (Wildman–Crippen MR) is 97.9 cm³/mol. The fourth-order valence-corrected chi connectivity index (χ4v) is 3.51. The second kappa shape index (κ2) is 6.07. The third-order valence-electron chi connectivity index (χ3n) is 3.75. The molecular weight excluding hydrogens is 336 g/mol. The van der Waals surface area contributed by atoms with Crippen molar-refractivity contribution in [2.45, 2.75) is 6.92 Å². The normalized spacial score (nSPS) is 10.9. The highest BCUT2D eigenvalue weighted by Gasteiger charge is 2.20. The van der Waals surface area contributed by atoms with E-state index in [1.807, 2.05) is 37.3 Å². The number of ether oxygens (including phenoxy) is 1. The summed E-state index contributed by atoms with van der Waals surface area (Å²) < 4.78 is 10.8. The van der Waals surface area contributed by atoms with Gasteiger partial charge >= 0.3 is 5.97 Å². The Morgan fingerprint density at radius 1 is 1.20 bits per heavy atom. The van der Waals surface area contributed by atoms with Crippen molar-refractivity contribution in [1.82, 2.24) is 4.98 Å². The SMILES string of the molecule is Cc1cccc(OC(=O)c2sc3nc(-c4ccco4)ccc3c2N)c1. The number of rotatable bonds is 3. The summed E-state index contributed by atoms with van der Waals surface area (Å²) in [7, 11) is 0. The molecule has 3 heterocycles. The average Bonchev–Trinajstić information content (AvgIpc) is 3.23. The monoisotopic (exact) mass is 350 g/mol. The number of carbonyl (C=O) groups is 1. The van der Waals surface area contributed by atoms with E-state index in [2.05, 4.69) is 4.98 Å². The number of fused-ring (bicyclic) bond motifs is 1. The predicted octanol–water partition coefficient (Wildman–Crippen LogP) is 4.67. The van der Waals surface area contributed by atoms with Gasteiger partial charge in [0.05, 0.1) is 12.0 Å². The maximum absolute atomic E-state index is 12.5. The smallest absolute Gasteiger partial charge is 0.355 e. The molecule has 0 aliphatic rings. The zero-order valence-electron chi connectivity index (χ0n) is 13.4. The van der Waals surface area contributed by atoms with Crippen molar-refractivity contribution in [2.24, 2.45) is 0 Å². The summed E-state index contributed by atoms with van der Waals surface area (Å²) in [6.07, 6.45) is 1.59. The molecule has 0 saturated carbocycles. The Kier molecular flexibility index (Phi) is 3.74. The van der Waals surface area contributed by atoms with E-state index in [1.165, 1.54) is 11.3 Å². The molecule has 0 bridgehead atoms. The van der Waals surface area contributed by atoms with E-state index >= 15 is 0 Å². The van der Waals surface area contributed by atoms with Crippen LogP contribution in [0.4, 0.5) is 5.69 Å². The number of hydrogen-bond acceptors (Lipinski definition) is 6. The molecule has 0 saturated heterocycles. The third-order valence-corrected chi connectivity index (χ3v) is 4.85. The quantitative estimate of drug-likeness (QED) is 0.429. The summed E-state index contributed by atoms with van der Waals surface area (Å²) in [6, 6.07) is 14.6. The van der Waals surface area contributed by atoms with Crippen molar-refractivity contribution < 1.29 is 13.9 Å². The maximum atomic E-state index is 12.5. The number of nitrogens with two attached hydrogens (primary N) is 1. The van der Waals surface area contributed by atoms with Crippen LogP contribution in [0.2, 0.25) is 0 Å². The Morgan fingerprint density at radius 2 is 2.08 bits per heavy atom. The summed E-state index contributed by atoms with van der Waals surface area (Å²) >= 11 is 1.21. The number of nitrogen functional groups attached to an aromatic ring is 1. The molecule has 0 atom stereocenters. The number of carbonyl (C=O) groups excluding carboxylic acids is 1. The Hall–Kier alpha value is -3.12. The van der Waals surface area contributed by atoms with Crippen molar-refractivity contribution in [3.63, 3.8) is 0 Å². The first-order valence-electron chi connectivity index (χ1n) is 7.63. The Labute approximate surface area is 147 Å². The molecular formula is C19H14N2O3S. The Bertz CT molecular complexity index is 1070. The van der Waals surface area contributed by atoms with Crippen molar-refractivity contribution in [1.29, 1.82) is 0 Å². The second-order valence-electron chi connectivity index (χ2n) is 5.58. The van der Waals surface area contributed by atoms with Crippen LogP contribution in [-0.4, -0.2) is 11.0 Å². The number of esters is 1. The minimum absolute atomic E-state index is 0.348. The topological polar surface area (TPSA) is 78.3 Å². The highest BCUT2D eigenvalue weighted by atomic mass is 32.1. The van der Waals surface area contributed by atoms with Crippen LogP contribution in [0.15, 0.2) is 59.2 Å². The molecule has 0 amide bonds. The van der Waals surface area contributed by atoms with Gasteiger partial charge in [0.25, 0.3) is 0 Å². The highest BCUT2D eigenvalue weighted by Crippen LogP contribution is 2.35. The standard InChI is InChI=1S/C19H14N2O3S/c1-11-4-2-5-12(10-11)24-19(22)17-16(20)13-7-8-14(21-18(13)25-17)15-6-3-9-23-15/h2-10H,20H2,1H3. The van der Waals surface area contributed by atoms with Crippen molar-refractivity contribution in [2.75, 3.05) is 5.73 Å². The molecule has 2 N–H and O–H groups in total. The first-order chi connectivity index (χ1) is 12.1. The number of benzene rings is 1. The van der Waals surface area contributed by atoms with Crippen molar-refractivity contribution >= 4 is 33.2 Å². The van der Waals surface area contributed by atoms with Gasteiger partial charge in [0, 0.05) is 5.39 Å². The van der Waals surface area contributed by atoms with Gasteiger partial charge in [-0.1, -0.05) is 12.1 Å². The lowest BCUT2D eigenvalue weighted by molar-refractivity contribution is 0.0741. The lowest BCUT2D eigenvalue weighted by Crippen LogP contribution is -2.08. The molecule has 1 aromatic carbocycles. The van der Waals surface area contributed by atoms with E-state index in [4.69, 9.17) is 14.9 Å². The fraction of sp³-hybridized carbons (Fsp3) is 0.0526. The van der Waals surface area contributed by atoms with Crippen LogP contribution in [0.3, 0.4) is 0 Å². The molecule has 3 aromatic heterocycles. The summed E-state index contributed by atoms with van der Waals surface area (Å²) in [5.41, 5.74) is 8.23. The molecule has 6 heteroatoms. The Balaban J connectivity index is 1.70. The molecule has 5 nitrogen and oxygen atoms in total. The van der Waals surface area contributed by atoms with E-state index in [0.29, 0.717) is 32.6 Å². The molecule has 124 valence electrons. The van der Waals surface area contributed by atoms with Gasteiger partial charge in [-0.15, -0.1) is 11.3 Å². The lowest BCUT2D eigenvalue weighted by atomic mass is 10.2. The van der Waals surface area contributed by atoms with E-state index in [0.717, 1.165) is 10.9 Å². The van der Waals surface area contributed by atoms with Crippen LogP contribution in [0.1, 0.15) is 15.2 Å². The number of aryl methyl sites for hydroxylation is 1. The minimum atomic E-state index is -0.481. The van der Waals surface area contributed by atoms with E-state index in [1.54, 1.807) is 24.5 Å². The highest BCUT2D eigenvalue weighted by molar-refractivity contribution is 7.21. The summed E-state index contributed by atoms with van der Waals surface area (Å²) in [5.74, 6) is 0.675. The van der Waals surface area contributed by atoms with Gasteiger partial charge in [-0.25, -0.2) is 9.78 Å².